The second-order valence-electron chi connectivity index (χ2n) is 5.50. The highest BCUT2D eigenvalue weighted by molar-refractivity contribution is 6.30. The Kier molecular flexibility index (Phi) is 5.93. The maximum absolute atomic E-state index is 5.93. The molecule has 0 bridgehead atoms. The lowest BCUT2D eigenvalue weighted by Crippen LogP contribution is -3.12. The van der Waals surface area contributed by atoms with Gasteiger partial charge in [-0.05, 0) is 42.2 Å². The molecule has 0 saturated heterocycles. The summed E-state index contributed by atoms with van der Waals surface area (Å²) in [6.07, 6.45) is 9.11. The molecule has 1 atom stereocenters. The third-order valence-electron chi connectivity index (χ3n) is 3.98. The normalized spacial score (nSPS) is 19.3. The van der Waals surface area contributed by atoms with Crippen molar-refractivity contribution in [1.82, 2.24) is 0 Å². The van der Waals surface area contributed by atoms with Gasteiger partial charge in [-0.2, -0.15) is 0 Å². The first kappa shape index (κ1) is 14.6. The highest BCUT2D eigenvalue weighted by Gasteiger charge is 2.15. The highest BCUT2D eigenvalue weighted by atomic mass is 35.5. The van der Waals surface area contributed by atoms with E-state index in [4.69, 9.17) is 11.6 Å². The van der Waals surface area contributed by atoms with Crippen LogP contribution in [0.25, 0.3) is 5.57 Å². The average molecular weight is 279 g/mol. The van der Waals surface area contributed by atoms with Crippen LogP contribution in [0.1, 0.15) is 44.6 Å². The molecule has 0 saturated carbocycles. The molecule has 1 aliphatic rings. The van der Waals surface area contributed by atoms with Crippen LogP contribution in [0.3, 0.4) is 0 Å². The Labute approximate surface area is 122 Å². The quantitative estimate of drug-likeness (QED) is 0.759. The molecule has 1 aromatic carbocycles. The van der Waals surface area contributed by atoms with Gasteiger partial charge >= 0.3 is 0 Å². The number of benzene rings is 1. The SMILES string of the molecule is CCCCCC[NH+]1CC=C(c2ccc(Cl)cc2)CC1. The van der Waals surface area contributed by atoms with Crippen LogP contribution in [0.5, 0.6) is 0 Å². The molecule has 0 fully saturated rings. The number of unbranched alkanes of at least 4 members (excludes halogenated alkanes) is 3. The molecule has 0 spiro atoms. The number of rotatable bonds is 6. The first-order valence-electron chi connectivity index (χ1n) is 7.58. The molecule has 19 heavy (non-hydrogen) atoms. The van der Waals surface area contributed by atoms with Gasteiger partial charge in [0.05, 0.1) is 19.6 Å². The van der Waals surface area contributed by atoms with Crippen molar-refractivity contribution >= 4 is 17.2 Å². The zero-order valence-corrected chi connectivity index (χ0v) is 12.7. The van der Waals surface area contributed by atoms with E-state index in [1.807, 2.05) is 12.1 Å². The van der Waals surface area contributed by atoms with Crippen molar-refractivity contribution in [2.24, 2.45) is 0 Å². The summed E-state index contributed by atoms with van der Waals surface area (Å²) in [7, 11) is 0. The fourth-order valence-corrected chi connectivity index (χ4v) is 2.86. The first-order valence-corrected chi connectivity index (χ1v) is 7.96. The Morgan fingerprint density at radius 3 is 2.53 bits per heavy atom. The van der Waals surface area contributed by atoms with E-state index < -0.39 is 0 Å². The minimum atomic E-state index is 0.823. The van der Waals surface area contributed by atoms with Crippen LogP contribution in [0.4, 0.5) is 0 Å². The van der Waals surface area contributed by atoms with Crippen LogP contribution in [-0.2, 0) is 0 Å². The van der Waals surface area contributed by atoms with Crippen molar-refractivity contribution in [3.8, 4) is 0 Å². The van der Waals surface area contributed by atoms with E-state index in [-0.39, 0.29) is 0 Å². The third-order valence-corrected chi connectivity index (χ3v) is 4.24. The summed E-state index contributed by atoms with van der Waals surface area (Å²) in [5, 5.41) is 0.823. The summed E-state index contributed by atoms with van der Waals surface area (Å²) in [4.78, 5) is 1.74. The Morgan fingerprint density at radius 1 is 1.11 bits per heavy atom. The van der Waals surface area contributed by atoms with Gasteiger partial charge in [0.1, 0.15) is 0 Å². The van der Waals surface area contributed by atoms with Crippen molar-refractivity contribution in [3.63, 3.8) is 0 Å². The lowest BCUT2D eigenvalue weighted by atomic mass is 9.99. The molecule has 0 aliphatic carbocycles. The Bertz CT molecular complexity index is 408. The third kappa shape index (κ3) is 4.67. The van der Waals surface area contributed by atoms with E-state index in [2.05, 4.69) is 25.1 Å². The van der Waals surface area contributed by atoms with Gasteiger partial charge in [-0.1, -0.05) is 43.5 Å². The van der Waals surface area contributed by atoms with Crippen LogP contribution in [0.15, 0.2) is 30.3 Å². The van der Waals surface area contributed by atoms with Gasteiger partial charge in [0.15, 0.2) is 0 Å². The number of nitrogens with one attached hydrogen (secondary N) is 1. The second kappa shape index (κ2) is 7.72. The maximum atomic E-state index is 5.93. The Morgan fingerprint density at radius 2 is 1.89 bits per heavy atom. The molecular formula is C17H25ClN+. The van der Waals surface area contributed by atoms with E-state index in [0.717, 1.165) is 5.02 Å². The van der Waals surface area contributed by atoms with Crippen LogP contribution < -0.4 is 4.90 Å². The predicted octanol–water partition coefficient (Wildman–Crippen LogP) is 3.59. The summed E-state index contributed by atoms with van der Waals surface area (Å²) in [6.45, 7) is 6.07. The lowest BCUT2D eigenvalue weighted by Gasteiger charge is -2.23. The van der Waals surface area contributed by atoms with Crippen molar-refractivity contribution in [1.29, 1.82) is 0 Å². The van der Waals surface area contributed by atoms with Gasteiger partial charge in [-0.15, -0.1) is 0 Å². The summed E-state index contributed by atoms with van der Waals surface area (Å²) in [5.41, 5.74) is 2.84. The molecule has 1 heterocycles. The summed E-state index contributed by atoms with van der Waals surface area (Å²) in [5.74, 6) is 0. The van der Waals surface area contributed by atoms with Gasteiger partial charge in [-0.25, -0.2) is 0 Å². The van der Waals surface area contributed by atoms with Crippen LogP contribution in [0, 0.1) is 0 Å². The van der Waals surface area contributed by atoms with Crippen LogP contribution in [0.2, 0.25) is 5.02 Å². The van der Waals surface area contributed by atoms with E-state index in [1.54, 1.807) is 4.90 Å². The molecule has 1 unspecified atom stereocenters. The topological polar surface area (TPSA) is 4.44 Å². The zero-order valence-electron chi connectivity index (χ0n) is 11.9. The Hall–Kier alpha value is -0.790. The molecule has 1 aliphatic heterocycles. The fourth-order valence-electron chi connectivity index (χ4n) is 2.74. The monoisotopic (exact) mass is 278 g/mol. The number of quaternary nitrogens is 1. The number of hydrogen-bond donors (Lipinski definition) is 1. The summed E-state index contributed by atoms with van der Waals surface area (Å²) in [6, 6.07) is 8.25. The molecule has 0 aromatic heterocycles. The van der Waals surface area contributed by atoms with E-state index >= 15 is 0 Å². The van der Waals surface area contributed by atoms with Gasteiger partial charge in [-0.3, -0.25) is 0 Å². The van der Waals surface area contributed by atoms with E-state index in [1.165, 1.54) is 62.9 Å². The Balaban J connectivity index is 1.81. The van der Waals surface area contributed by atoms with Gasteiger partial charge in [0.2, 0.25) is 0 Å². The highest BCUT2D eigenvalue weighted by Crippen LogP contribution is 2.20. The van der Waals surface area contributed by atoms with E-state index in [0.29, 0.717) is 0 Å². The van der Waals surface area contributed by atoms with Gasteiger partial charge in [0, 0.05) is 11.4 Å². The van der Waals surface area contributed by atoms with Crippen molar-refractivity contribution in [3.05, 3.63) is 40.9 Å². The first-order chi connectivity index (χ1) is 9.29. The molecule has 0 amide bonds. The molecule has 1 N–H and O–H groups in total. The minimum Gasteiger partial charge on any atom is -0.331 e. The van der Waals surface area contributed by atoms with Crippen molar-refractivity contribution in [2.45, 2.75) is 39.0 Å². The second-order valence-corrected chi connectivity index (χ2v) is 5.94. The minimum absolute atomic E-state index is 0.823. The molecule has 0 radical (unpaired) electrons. The molecule has 1 aromatic rings. The fraction of sp³-hybridized carbons (Fsp3) is 0.529. The smallest absolute Gasteiger partial charge is 0.0964 e. The lowest BCUT2D eigenvalue weighted by molar-refractivity contribution is -0.895. The number of halogens is 1. The summed E-state index contributed by atoms with van der Waals surface area (Å²) >= 11 is 5.93. The van der Waals surface area contributed by atoms with Crippen molar-refractivity contribution < 1.29 is 4.90 Å². The molecular weight excluding hydrogens is 254 g/mol. The average Bonchev–Trinajstić information content (AvgIpc) is 2.45. The van der Waals surface area contributed by atoms with Gasteiger partial charge in [0.25, 0.3) is 0 Å². The predicted molar refractivity (Wildman–Crippen MR) is 83.8 cm³/mol. The van der Waals surface area contributed by atoms with Gasteiger partial charge < -0.3 is 4.90 Å². The molecule has 2 rings (SSSR count). The maximum Gasteiger partial charge on any atom is 0.0964 e. The standard InChI is InChI=1S/C17H24ClN/c1-2-3-4-5-12-19-13-10-16(11-14-19)15-6-8-17(18)9-7-15/h6-10H,2-5,11-14H2,1H3/p+1. The molecule has 1 nitrogen and oxygen atoms in total. The molecule has 104 valence electrons. The number of hydrogen-bond acceptors (Lipinski definition) is 0. The van der Waals surface area contributed by atoms with E-state index in [9.17, 15) is 0 Å². The zero-order chi connectivity index (χ0) is 13.5. The molecule has 2 heteroatoms. The largest absolute Gasteiger partial charge is 0.331 e. The van der Waals surface area contributed by atoms with Crippen LogP contribution >= 0.6 is 11.6 Å². The van der Waals surface area contributed by atoms with Crippen molar-refractivity contribution in [2.75, 3.05) is 19.6 Å². The summed E-state index contributed by atoms with van der Waals surface area (Å²) < 4.78 is 0. The van der Waals surface area contributed by atoms with Crippen LogP contribution in [-0.4, -0.2) is 19.6 Å².